The van der Waals surface area contributed by atoms with Gasteiger partial charge in [0.05, 0.1) is 5.75 Å². The first-order chi connectivity index (χ1) is 15.2. The fraction of sp³-hybridized carbons (Fsp3) is 0.440. The van der Waals surface area contributed by atoms with E-state index in [-0.39, 0.29) is 30.2 Å². The lowest BCUT2D eigenvalue weighted by molar-refractivity contribution is -0.139. The average Bonchev–Trinajstić information content (AvgIpc) is 2.74. The van der Waals surface area contributed by atoms with Gasteiger partial charge >= 0.3 is 0 Å². The van der Waals surface area contributed by atoms with E-state index in [1.807, 2.05) is 32.9 Å². The van der Waals surface area contributed by atoms with E-state index in [0.29, 0.717) is 16.5 Å². The number of nitrogens with zero attached hydrogens (tertiary/aromatic N) is 1. The number of benzene rings is 2. The molecule has 2 atom stereocenters. The summed E-state index contributed by atoms with van der Waals surface area (Å²) < 4.78 is 0. The number of thioether (sulfide) groups is 1. The van der Waals surface area contributed by atoms with Crippen LogP contribution in [0.1, 0.15) is 50.3 Å². The molecule has 0 unspecified atom stereocenters. The second-order valence-electron chi connectivity index (χ2n) is 7.98. The molecule has 2 rings (SSSR count). The number of amides is 2. The Morgan fingerprint density at radius 3 is 2.47 bits per heavy atom. The first kappa shape index (κ1) is 26.6. The minimum atomic E-state index is -0.567. The topological polar surface area (TPSA) is 49.4 Å². The van der Waals surface area contributed by atoms with Crippen LogP contribution < -0.4 is 5.32 Å². The van der Waals surface area contributed by atoms with Gasteiger partial charge in [0.25, 0.3) is 0 Å². The average molecular weight is 496 g/mol. The van der Waals surface area contributed by atoms with Crippen molar-refractivity contribution in [3.63, 3.8) is 0 Å². The molecular formula is C25H32Cl2N2O2S. The van der Waals surface area contributed by atoms with Crippen LogP contribution in [0, 0.1) is 6.92 Å². The first-order valence-electron chi connectivity index (χ1n) is 10.9. The van der Waals surface area contributed by atoms with Gasteiger partial charge in [0.2, 0.25) is 11.8 Å². The van der Waals surface area contributed by atoms with E-state index in [1.54, 1.807) is 28.8 Å². The summed E-state index contributed by atoms with van der Waals surface area (Å²) in [6.07, 6.45) is 1.34. The van der Waals surface area contributed by atoms with Crippen LogP contribution in [0.5, 0.6) is 0 Å². The fourth-order valence-electron chi connectivity index (χ4n) is 3.34. The molecule has 0 aliphatic heterocycles. The summed E-state index contributed by atoms with van der Waals surface area (Å²) in [6, 6.07) is 13.0. The van der Waals surface area contributed by atoms with Gasteiger partial charge in [-0.05, 0) is 49.9 Å². The fourth-order valence-corrected chi connectivity index (χ4v) is 4.66. The van der Waals surface area contributed by atoms with Crippen molar-refractivity contribution in [1.82, 2.24) is 10.2 Å². The quantitative estimate of drug-likeness (QED) is 0.401. The summed E-state index contributed by atoms with van der Waals surface area (Å²) in [5.41, 5.74) is 3.14. The lowest BCUT2D eigenvalue weighted by Gasteiger charge is -2.31. The van der Waals surface area contributed by atoms with Crippen molar-refractivity contribution in [2.24, 2.45) is 0 Å². The Balaban J connectivity index is 2.18. The number of hydrogen-bond acceptors (Lipinski definition) is 3. The molecule has 0 heterocycles. The van der Waals surface area contributed by atoms with E-state index >= 15 is 0 Å². The van der Waals surface area contributed by atoms with E-state index in [1.165, 1.54) is 11.1 Å². The highest BCUT2D eigenvalue weighted by Gasteiger charge is 2.29. The van der Waals surface area contributed by atoms with E-state index < -0.39 is 6.04 Å². The van der Waals surface area contributed by atoms with Crippen LogP contribution >= 0.6 is 35.0 Å². The lowest BCUT2D eigenvalue weighted by Crippen LogP contribution is -2.51. The molecule has 0 saturated carbocycles. The third kappa shape index (κ3) is 8.02. The zero-order chi connectivity index (χ0) is 23.7. The van der Waals surface area contributed by atoms with Gasteiger partial charge in [0.15, 0.2) is 0 Å². The van der Waals surface area contributed by atoms with Crippen molar-refractivity contribution in [3.05, 3.63) is 69.2 Å². The number of hydrogen-bond donors (Lipinski definition) is 1. The number of carbonyl (C=O) groups excluding carboxylic acids is 2. The van der Waals surface area contributed by atoms with Gasteiger partial charge in [-0.3, -0.25) is 9.59 Å². The molecular weight excluding hydrogens is 463 g/mol. The third-order valence-corrected chi connectivity index (χ3v) is 6.89. The monoisotopic (exact) mass is 494 g/mol. The van der Waals surface area contributed by atoms with E-state index in [4.69, 9.17) is 23.2 Å². The maximum Gasteiger partial charge on any atom is 0.243 e. The smallest absolute Gasteiger partial charge is 0.243 e. The van der Waals surface area contributed by atoms with Crippen LogP contribution in [0.25, 0.3) is 0 Å². The van der Waals surface area contributed by atoms with Gasteiger partial charge < -0.3 is 10.2 Å². The minimum Gasteiger partial charge on any atom is -0.352 e. The van der Waals surface area contributed by atoms with Gasteiger partial charge in [-0.2, -0.15) is 0 Å². The molecule has 0 fully saturated rings. The molecule has 32 heavy (non-hydrogen) atoms. The van der Waals surface area contributed by atoms with Gasteiger partial charge in [-0.1, -0.05) is 72.9 Å². The third-order valence-electron chi connectivity index (χ3n) is 5.32. The number of halogens is 2. The molecule has 0 saturated heterocycles. The Morgan fingerprint density at radius 1 is 1.09 bits per heavy atom. The molecule has 2 aromatic carbocycles. The van der Waals surface area contributed by atoms with E-state index in [9.17, 15) is 9.59 Å². The molecule has 2 amide bonds. The van der Waals surface area contributed by atoms with Crippen LogP contribution in [0.2, 0.25) is 10.0 Å². The van der Waals surface area contributed by atoms with Crippen molar-refractivity contribution >= 4 is 46.8 Å². The van der Waals surface area contributed by atoms with E-state index in [0.717, 1.165) is 17.7 Å². The molecule has 0 spiro atoms. The highest BCUT2D eigenvalue weighted by Crippen LogP contribution is 2.24. The van der Waals surface area contributed by atoms with E-state index in [2.05, 4.69) is 30.4 Å². The summed E-state index contributed by atoms with van der Waals surface area (Å²) in [7, 11) is 0. The van der Waals surface area contributed by atoms with Gasteiger partial charge in [0, 0.05) is 28.4 Å². The Bertz CT molecular complexity index is 923. The zero-order valence-electron chi connectivity index (χ0n) is 19.2. The Morgan fingerprint density at radius 2 is 1.84 bits per heavy atom. The zero-order valence-corrected chi connectivity index (χ0v) is 21.5. The van der Waals surface area contributed by atoms with Gasteiger partial charge in [-0.25, -0.2) is 0 Å². The van der Waals surface area contributed by atoms with Crippen molar-refractivity contribution in [2.45, 2.75) is 64.9 Å². The Labute approximate surface area is 206 Å². The molecule has 0 aliphatic carbocycles. The van der Waals surface area contributed by atoms with Gasteiger partial charge in [-0.15, -0.1) is 11.8 Å². The molecule has 7 heteroatoms. The molecule has 0 aromatic heterocycles. The van der Waals surface area contributed by atoms with Crippen molar-refractivity contribution < 1.29 is 9.59 Å². The molecule has 2 aromatic rings. The molecule has 0 radical (unpaired) electrons. The number of aryl methyl sites for hydroxylation is 1. The maximum atomic E-state index is 13.3. The summed E-state index contributed by atoms with van der Waals surface area (Å²) in [5.74, 6) is 0.800. The second-order valence-corrected chi connectivity index (χ2v) is 9.81. The summed E-state index contributed by atoms with van der Waals surface area (Å²) >= 11 is 14.0. The largest absolute Gasteiger partial charge is 0.352 e. The van der Waals surface area contributed by atoms with Crippen LogP contribution in [-0.2, 0) is 21.9 Å². The summed E-state index contributed by atoms with van der Waals surface area (Å²) in [6.45, 7) is 8.21. The van der Waals surface area contributed by atoms with Crippen molar-refractivity contribution in [1.29, 1.82) is 0 Å². The Kier molecular flexibility index (Phi) is 10.9. The van der Waals surface area contributed by atoms with Gasteiger partial charge in [0.1, 0.15) is 6.04 Å². The summed E-state index contributed by atoms with van der Waals surface area (Å²) in [5, 5.41) is 4.04. The standard InChI is InChI=1S/C25H32Cl2N2O2S/c1-5-18(4)28-25(31)23(6-2)29(14-20-10-11-21(26)13-22(20)27)24(30)16-32-15-19-9-7-8-17(3)12-19/h7-13,18,23H,5-6,14-16H2,1-4H3,(H,28,31)/t18-,23+/m0/s1. The highest BCUT2D eigenvalue weighted by atomic mass is 35.5. The molecule has 0 bridgehead atoms. The van der Waals surface area contributed by atoms with Crippen LogP contribution in [0.15, 0.2) is 42.5 Å². The predicted octanol–water partition coefficient (Wildman–Crippen LogP) is 6.26. The molecule has 4 nitrogen and oxygen atoms in total. The minimum absolute atomic E-state index is 0.0447. The first-order valence-corrected chi connectivity index (χ1v) is 12.8. The van der Waals surface area contributed by atoms with Crippen LogP contribution in [0.4, 0.5) is 0 Å². The van der Waals surface area contributed by atoms with Crippen molar-refractivity contribution in [3.8, 4) is 0 Å². The van der Waals surface area contributed by atoms with Crippen molar-refractivity contribution in [2.75, 3.05) is 5.75 Å². The molecule has 174 valence electrons. The number of nitrogens with one attached hydrogen (secondary N) is 1. The number of rotatable bonds is 11. The number of carbonyl (C=O) groups is 2. The Hall–Kier alpha value is -1.69. The van der Waals surface area contributed by atoms with Crippen LogP contribution in [-0.4, -0.2) is 34.6 Å². The predicted molar refractivity (Wildman–Crippen MR) is 136 cm³/mol. The lowest BCUT2D eigenvalue weighted by atomic mass is 10.1. The van der Waals surface area contributed by atoms with Crippen LogP contribution in [0.3, 0.4) is 0 Å². The maximum absolute atomic E-state index is 13.3. The molecule has 1 N–H and O–H groups in total. The normalized spacial score (nSPS) is 12.8. The highest BCUT2D eigenvalue weighted by molar-refractivity contribution is 7.99. The molecule has 0 aliphatic rings. The second kappa shape index (κ2) is 13.1. The SMILES string of the molecule is CC[C@H](C(=O)N[C@@H](C)CC)N(Cc1ccc(Cl)cc1Cl)C(=O)CSCc1cccc(C)c1. The summed E-state index contributed by atoms with van der Waals surface area (Å²) in [4.78, 5) is 27.9.